The summed E-state index contributed by atoms with van der Waals surface area (Å²) in [5.41, 5.74) is -0.0301. The van der Waals surface area contributed by atoms with Crippen LogP contribution < -0.4 is 0 Å². The molecule has 162 valence electrons. The third-order valence-corrected chi connectivity index (χ3v) is 8.44. The Morgan fingerprint density at radius 2 is 1.87 bits per heavy atom. The van der Waals surface area contributed by atoms with Crippen LogP contribution in [-0.4, -0.2) is 53.8 Å². The first-order valence-electron chi connectivity index (χ1n) is 9.24. The van der Waals surface area contributed by atoms with Crippen molar-refractivity contribution in [2.75, 3.05) is 19.8 Å². The molecule has 1 aliphatic heterocycles. The number of rotatable bonds is 5. The van der Waals surface area contributed by atoms with E-state index < -0.39 is 15.7 Å². The van der Waals surface area contributed by atoms with Crippen LogP contribution in [0.15, 0.2) is 58.4 Å². The van der Waals surface area contributed by atoms with Crippen molar-refractivity contribution in [2.24, 2.45) is 4.99 Å². The minimum atomic E-state index is -3.74. The van der Waals surface area contributed by atoms with Gasteiger partial charge in [-0.3, -0.25) is 0 Å². The van der Waals surface area contributed by atoms with E-state index in [-0.39, 0.29) is 32.9 Å². The van der Waals surface area contributed by atoms with Crippen LogP contribution in [0.3, 0.4) is 0 Å². The van der Waals surface area contributed by atoms with Gasteiger partial charge in [0.15, 0.2) is 10.9 Å². The molecule has 2 aromatic carbocycles. The van der Waals surface area contributed by atoms with Gasteiger partial charge >= 0.3 is 0 Å². The van der Waals surface area contributed by atoms with E-state index in [0.29, 0.717) is 11.3 Å². The second kappa shape index (κ2) is 8.80. The van der Waals surface area contributed by atoms with Crippen molar-refractivity contribution < 1.29 is 13.5 Å². The Bertz CT molecular complexity index is 1060. The number of para-hydroxylation sites is 1. The molecular weight excluding hydrogens is 510 g/mol. The number of halogens is 2. The smallest absolute Gasteiger partial charge is 0.244 e. The molecule has 0 aromatic heterocycles. The summed E-state index contributed by atoms with van der Waals surface area (Å²) in [4.78, 5) is 6.65. The molecule has 6 nitrogen and oxygen atoms in total. The largest absolute Gasteiger partial charge is 0.366 e. The topological polar surface area (TPSA) is 73.2 Å². The van der Waals surface area contributed by atoms with E-state index in [1.807, 2.05) is 35.2 Å². The maximum absolute atomic E-state index is 12.7. The van der Waals surface area contributed by atoms with Gasteiger partial charge in [-0.1, -0.05) is 47.6 Å². The Labute approximate surface area is 196 Å². The molecule has 0 amide bonds. The summed E-state index contributed by atoms with van der Waals surface area (Å²) in [5, 5.41) is 12.5. The molecule has 0 radical (unpaired) electrons. The lowest BCUT2D eigenvalue weighted by Crippen LogP contribution is -2.46. The SMILES string of the molecule is Br.CN(C)S(=O)(=O)c1cc(C2(O)CSC(=Nc3ccccc3)N2C2CC2)ccc1Cl. The van der Waals surface area contributed by atoms with Crippen molar-refractivity contribution in [3.05, 3.63) is 59.1 Å². The van der Waals surface area contributed by atoms with Crippen molar-refractivity contribution in [1.82, 2.24) is 9.21 Å². The predicted molar refractivity (Wildman–Crippen MR) is 127 cm³/mol. The standard InChI is InChI=1S/C20H22ClN3O3S2.BrH/c1-23(2)29(26,27)18-12-14(8-11-17(18)21)20(25)13-28-19(24(20)16-9-10-16)22-15-6-4-3-5-7-15;/h3-8,11-12,16,25H,9-10,13H2,1-2H3;1H. The number of amidine groups is 1. The molecule has 2 aromatic rings. The summed E-state index contributed by atoms with van der Waals surface area (Å²) < 4.78 is 26.5. The number of aliphatic hydroxyl groups is 1. The third kappa shape index (κ3) is 4.28. The average Bonchev–Trinajstić information content (AvgIpc) is 3.46. The van der Waals surface area contributed by atoms with Crippen molar-refractivity contribution >= 4 is 61.2 Å². The lowest BCUT2D eigenvalue weighted by atomic mass is 10.0. The second-order valence-corrected chi connectivity index (χ2v) is 10.8. The highest BCUT2D eigenvalue weighted by Gasteiger charge is 2.51. The highest BCUT2D eigenvalue weighted by molar-refractivity contribution is 8.93. The van der Waals surface area contributed by atoms with E-state index in [9.17, 15) is 13.5 Å². The van der Waals surface area contributed by atoms with Gasteiger partial charge in [-0.15, -0.1) is 17.0 Å². The molecule has 10 heteroatoms. The van der Waals surface area contributed by atoms with E-state index in [1.165, 1.54) is 38.0 Å². The van der Waals surface area contributed by atoms with Gasteiger partial charge in [0, 0.05) is 25.7 Å². The predicted octanol–water partition coefficient (Wildman–Crippen LogP) is 4.21. The molecule has 2 aliphatic rings. The Hall–Kier alpha value is -1.10. The quantitative estimate of drug-likeness (QED) is 0.624. The van der Waals surface area contributed by atoms with Crippen LogP contribution in [0.25, 0.3) is 0 Å². The van der Waals surface area contributed by atoms with Crippen molar-refractivity contribution in [1.29, 1.82) is 0 Å². The number of thioether (sulfide) groups is 1. The maximum atomic E-state index is 12.7. The Morgan fingerprint density at radius 1 is 1.20 bits per heavy atom. The molecule has 30 heavy (non-hydrogen) atoms. The highest BCUT2D eigenvalue weighted by Crippen LogP contribution is 2.47. The van der Waals surface area contributed by atoms with Crippen molar-refractivity contribution in [3.63, 3.8) is 0 Å². The number of aliphatic imine (C=N–C) groups is 1. The summed E-state index contributed by atoms with van der Waals surface area (Å²) in [5.74, 6) is 0.359. The minimum absolute atomic E-state index is 0. The normalized spacial score (nSPS) is 23.1. The van der Waals surface area contributed by atoms with E-state index in [2.05, 4.69) is 0 Å². The molecule has 1 saturated heterocycles. The second-order valence-electron chi connectivity index (χ2n) is 7.37. The number of hydrogen-bond acceptors (Lipinski definition) is 5. The van der Waals surface area contributed by atoms with Crippen molar-refractivity contribution in [3.8, 4) is 0 Å². The van der Waals surface area contributed by atoms with Gasteiger partial charge in [-0.05, 0) is 37.1 Å². The summed E-state index contributed by atoms with van der Waals surface area (Å²) in [7, 11) is -0.820. The third-order valence-electron chi connectivity index (χ3n) is 5.05. The van der Waals surface area contributed by atoms with Crippen LogP contribution in [0.4, 0.5) is 5.69 Å². The fraction of sp³-hybridized carbons (Fsp3) is 0.350. The molecule has 1 aliphatic carbocycles. The van der Waals surface area contributed by atoms with E-state index >= 15 is 0 Å². The zero-order valence-electron chi connectivity index (χ0n) is 16.5. The van der Waals surface area contributed by atoms with E-state index in [4.69, 9.17) is 16.6 Å². The zero-order valence-corrected chi connectivity index (χ0v) is 20.6. The Balaban J connectivity index is 0.00000256. The van der Waals surface area contributed by atoms with E-state index in [0.717, 1.165) is 28.0 Å². The van der Waals surface area contributed by atoms with Crippen molar-refractivity contribution in [2.45, 2.75) is 29.5 Å². The van der Waals surface area contributed by atoms with Gasteiger partial charge in [0.05, 0.1) is 16.5 Å². The average molecular weight is 533 g/mol. The number of nitrogens with zero attached hydrogens (tertiary/aromatic N) is 3. The summed E-state index contributed by atoms with van der Waals surface area (Å²) in [6, 6.07) is 14.5. The molecular formula is C20H23BrClN3O3S2. The van der Waals surface area contributed by atoms with Crippen LogP contribution in [0.5, 0.6) is 0 Å². The lowest BCUT2D eigenvalue weighted by Gasteiger charge is -2.35. The van der Waals surface area contributed by atoms with Crippen LogP contribution in [-0.2, 0) is 15.7 Å². The molecule has 1 heterocycles. The molecule has 1 unspecified atom stereocenters. The fourth-order valence-electron chi connectivity index (χ4n) is 3.32. The minimum Gasteiger partial charge on any atom is -0.366 e. The first-order valence-corrected chi connectivity index (χ1v) is 12.0. The molecule has 0 spiro atoms. The number of hydrogen-bond donors (Lipinski definition) is 1. The maximum Gasteiger partial charge on any atom is 0.244 e. The summed E-state index contributed by atoms with van der Waals surface area (Å²) in [6.07, 6.45) is 1.93. The molecule has 2 fully saturated rings. The fourth-order valence-corrected chi connectivity index (χ4v) is 5.96. The number of sulfonamides is 1. The van der Waals surface area contributed by atoms with Gasteiger partial charge in [0.25, 0.3) is 0 Å². The van der Waals surface area contributed by atoms with Gasteiger partial charge in [-0.2, -0.15) is 0 Å². The number of benzene rings is 2. The molecule has 1 saturated carbocycles. The van der Waals surface area contributed by atoms with Gasteiger partial charge in [0.2, 0.25) is 10.0 Å². The monoisotopic (exact) mass is 531 g/mol. The highest BCUT2D eigenvalue weighted by atomic mass is 79.9. The first kappa shape index (κ1) is 23.6. The lowest BCUT2D eigenvalue weighted by molar-refractivity contribution is -0.0521. The van der Waals surface area contributed by atoms with Crippen LogP contribution in [0.2, 0.25) is 5.02 Å². The van der Waals surface area contributed by atoms with Gasteiger partial charge in [0.1, 0.15) is 4.90 Å². The molecule has 1 atom stereocenters. The van der Waals surface area contributed by atoms with Crippen LogP contribution in [0.1, 0.15) is 18.4 Å². The molecule has 1 N–H and O–H groups in total. The molecule has 0 bridgehead atoms. The summed E-state index contributed by atoms with van der Waals surface area (Å²) >= 11 is 7.67. The molecule has 4 rings (SSSR count). The Morgan fingerprint density at radius 3 is 2.47 bits per heavy atom. The Kier molecular flexibility index (Phi) is 6.91. The summed E-state index contributed by atoms with van der Waals surface area (Å²) in [6.45, 7) is 0. The first-order chi connectivity index (χ1) is 13.7. The zero-order chi connectivity index (χ0) is 20.8. The van der Waals surface area contributed by atoms with Crippen LogP contribution in [0, 0.1) is 0 Å². The van der Waals surface area contributed by atoms with Gasteiger partial charge < -0.3 is 10.0 Å². The van der Waals surface area contributed by atoms with Gasteiger partial charge in [-0.25, -0.2) is 17.7 Å². The van der Waals surface area contributed by atoms with Crippen LogP contribution >= 0.6 is 40.3 Å². The van der Waals surface area contributed by atoms with E-state index in [1.54, 1.807) is 6.07 Å².